The summed E-state index contributed by atoms with van der Waals surface area (Å²) >= 11 is 0. The van der Waals surface area contributed by atoms with Crippen LogP contribution in [0.3, 0.4) is 0 Å². The van der Waals surface area contributed by atoms with Gasteiger partial charge in [0, 0.05) is 36.7 Å². The van der Waals surface area contributed by atoms with E-state index in [4.69, 9.17) is 23.7 Å². The van der Waals surface area contributed by atoms with Crippen molar-refractivity contribution in [2.75, 3.05) is 27.9 Å². The van der Waals surface area contributed by atoms with Gasteiger partial charge >= 0.3 is 11.9 Å². The van der Waals surface area contributed by atoms with Gasteiger partial charge < -0.3 is 29.0 Å². The van der Waals surface area contributed by atoms with Crippen LogP contribution in [0, 0.1) is 0 Å². The first-order valence-electron chi connectivity index (χ1n) is 10.1. The van der Waals surface area contributed by atoms with E-state index < -0.39 is 30.5 Å². The smallest absolute Gasteiger partial charge is 0.325 e. The summed E-state index contributed by atoms with van der Waals surface area (Å²) in [7, 11) is 4.47. The maximum Gasteiger partial charge on any atom is 0.325 e. The Morgan fingerprint density at radius 2 is 1.70 bits per heavy atom. The minimum absolute atomic E-state index is 0.132. The molecule has 0 aliphatic carbocycles. The minimum atomic E-state index is -0.723. The van der Waals surface area contributed by atoms with E-state index in [0.29, 0.717) is 11.5 Å². The number of carbonyl (C=O) groups excluding carboxylic acids is 3. The molecular formula is C23H28N2O8. The molecule has 1 N–H and O–H groups in total. The van der Waals surface area contributed by atoms with Crippen molar-refractivity contribution >= 4 is 17.8 Å². The number of aromatic nitrogens is 1. The third kappa shape index (κ3) is 6.58. The van der Waals surface area contributed by atoms with Crippen molar-refractivity contribution < 1.29 is 38.1 Å². The number of hydrogen-bond acceptors (Lipinski definition) is 9. The molecule has 33 heavy (non-hydrogen) atoms. The van der Waals surface area contributed by atoms with Crippen LogP contribution in [0.4, 0.5) is 0 Å². The predicted molar refractivity (Wildman–Crippen MR) is 118 cm³/mol. The lowest BCUT2D eigenvalue weighted by Crippen LogP contribution is -2.34. The Morgan fingerprint density at radius 3 is 2.30 bits per heavy atom. The molecule has 0 aliphatic rings. The first-order valence-corrected chi connectivity index (χ1v) is 10.1. The monoisotopic (exact) mass is 460 g/mol. The van der Waals surface area contributed by atoms with Gasteiger partial charge in [-0.05, 0) is 13.0 Å². The molecule has 0 spiro atoms. The van der Waals surface area contributed by atoms with E-state index in [-0.39, 0.29) is 23.1 Å². The molecule has 178 valence electrons. The zero-order chi connectivity index (χ0) is 24.5. The van der Waals surface area contributed by atoms with Crippen LogP contribution in [-0.4, -0.2) is 56.8 Å². The highest BCUT2D eigenvalue weighted by Gasteiger charge is 2.24. The molecule has 1 aromatic carbocycles. The van der Waals surface area contributed by atoms with Crippen molar-refractivity contribution in [2.24, 2.45) is 0 Å². The number of rotatable bonds is 10. The highest BCUT2D eigenvalue weighted by molar-refractivity contribution is 5.98. The number of pyridine rings is 1. The van der Waals surface area contributed by atoms with Gasteiger partial charge in [-0.3, -0.25) is 14.4 Å². The Morgan fingerprint density at radius 1 is 1.00 bits per heavy atom. The number of nitrogens with zero attached hydrogens (tertiary/aromatic N) is 1. The van der Waals surface area contributed by atoms with Crippen molar-refractivity contribution in [1.29, 1.82) is 0 Å². The molecule has 2 aromatic rings. The fourth-order valence-corrected chi connectivity index (χ4v) is 3.03. The van der Waals surface area contributed by atoms with E-state index in [2.05, 4.69) is 10.3 Å². The normalized spacial score (nSPS) is 12.2. The van der Waals surface area contributed by atoms with Gasteiger partial charge in [-0.25, -0.2) is 4.98 Å². The number of nitrogens with one attached hydrogen (secondary N) is 1. The fourth-order valence-electron chi connectivity index (χ4n) is 3.03. The molecule has 0 fully saturated rings. The van der Waals surface area contributed by atoms with E-state index >= 15 is 0 Å². The van der Waals surface area contributed by atoms with Crippen LogP contribution in [0.2, 0.25) is 0 Å². The lowest BCUT2D eigenvalue weighted by atomic mass is 9.95. The number of esters is 2. The summed E-state index contributed by atoms with van der Waals surface area (Å²) in [6.45, 7) is 4.42. The number of amides is 1. The van der Waals surface area contributed by atoms with E-state index in [1.165, 1.54) is 26.3 Å². The van der Waals surface area contributed by atoms with Crippen LogP contribution >= 0.6 is 0 Å². The van der Waals surface area contributed by atoms with E-state index in [1.54, 1.807) is 33.3 Å². The number of benzene rings is 1. The average molecular weight is 460 g/mol. The Bertz CT molecular complexity index is 1010. The molecule has 0 radical (unpaired) electrons. The molecule has 0 aliphatic heterocycles. The highest BCUT2D eigenvalue weighted by Crippen LogP contribution is 2.33. The largest absolute Gasteiger partial charge is 0.497 e. The van der Waals surface area contributed by atoms with Crippen LogP contribution in [0.15, 0.2) is 30.5 Å². The standard InChI is InChI=1S/C23H28N2O8/c1-13(17-8-7-16(29-4)11-19(17)31-6)14(2)32-20(27)12-25-23(28)21-22(33-15(3)26)18(30-5)9-10-24-21/h7-11,13-14H,12H2,1-6H3,(H,25,28)/t13-,14?/m1/s1. The van der Waals surface area contributed by atoms with Gasteiger partial charge in [0.1, 0.15) is 24.1 Å². The summed E-state index contributed by atoms with van der Waals surface area (Å²) in [5, 5.41) is 2.42. The molecule has 10 heteroatoms. The van der Waals surface area contributed by atoms with Crippen LogP contribution in [0.25, 0.3) is 0 Å². The van der Waals surface area contributed by atoms with Gasteiger partial charge in [0.2, 0.25) is 5.75 Å². The molecular weight excluding hydrogens is 432 g/mol. The van der Waals surface area contributed by atoms with Gasteiger partial charge in [-0.2, -0.15) is 0 Å². The second-order valence-corrected chi connectivity index (χ2v) is 7.06. The van der Waals surface area contributed by atoms with Crippen LogP contribution < -0.4 is 24.3 Å². The van der Waals surface area contributed by atoms with Crippen LogP contribution in [0.1, 0.15) is 42.7 Å². The molecule has 1 unspecified atom stereocenters. The van der Waals surface area contributed by atoms with Gasteiger partial charge in [0.25, 0.3) is 5.91 Å². The molecule has 1 aromatic heterocycles. The summed E-state index contributed by atoms with van der Waals surface area (Å²) in [6, 6.07) is 6.84. The number of ether oxygens (including phenoxy) is 5. The van der Waals surface area contributed by atoms with E-state index in [0.717, 1.165) is 5.56 Å². The molecule has 2 rings (SSSR count). The minimum Gasteiger partial charge on any atom is -0.497 e. The van der Waals surface area contributed by atoms with Crippen molar-refractivity contribution in [3.8, 4) is 23.0 Å². The first kappa shape index (κ1) is 25.4. The Labute approximate surface area is 192 Å². The van der Waals surface area contributed by atoms with Crippen molar-refractivity contribution in [2.45, 2.75) is 32.8 Å². The molecule has 0 saturated heterocycles. The summed E-state index contributed by atoms with van der Waals surface area (Å²) in [6.07, 6.45) is 0.814. The van der Waals surface area contributed by atoms with Gasteiger partial charge in [0.05, 0.1) is 21.3 Å². The van der Waals surface area contributed by atoms with E-state index in [9.17, 15) is 14.4 Å². The number of hydrogen-bond donors (Lipinski definition) is 1. The molecule has 1 amide bonds. The molecule has 1 heterocycles. The lowest BCUT2D eigenvalue weighted by Gasteiger charge is -2.23. The Balaban J connectivity index is 2.03. The quantitative estimate of drug-likeness (QED) is 0.533. The average Bonchev–Trinajstić information content (AvgIpc) is 2.81. The maximum absolute atomic E-state index is 12.5. The fraction of sp³-hybridized carbons (Fsp3) is 0.391. The summed E-state index contributed by atoms with van der Waals surface area (Å²) in [4.78, 5) is 40.2. The predicted octanol–water partition coefficient (Wildman–Crippen LogP) is 2.50. The number of methoxy groups -OCH3 is 3. The van der Waals surface area contributed by atoms with Gasteiger partial charge in [0.15, 0.2) is 11.4 Å². The van der Waals surface area contributed by atoms with Gasteiger partial charge in [-0.15, -0.1) is 0 Å². The zero-order valence-corrected chi connectivity index (χ0v) is 19.5. The van der Waals surface area contributed by atoms with Crippen molar-refractivity contribution in [3.05, 3.63) is 41.7 Å². The first-order chi connectivity index (χ1) is 15.7. The zero-order valence-electron chi connectivity index (χ0n) is 19.5. The number of carbonyl (C=O) groups is 3. The van der Waals surface area contributed by atoms with Crippen LogP contribution in [-0.2, 0) is 14.3 Å². The molecule has 0 bridgehead atoms. The molecule has 10 nitrogen and oxygen atoms in total. The van der Waals surface area contributed by atoms with Gasteiger partial charge in [-0.1, -0.05) is 13.0 Å². The third-order valence-electron chi connectivity index (χ3n) is 4.90. The van der Waals surface area contributed by atoms with Crippen LogP contribution in [0.5, 0.6) is 23.0 Å². The summed E-state index contributed by atoms with van der Waals surface area (Å²) in [5.74, 6) is -0.926. The highest BCUT2D eigenvalue weighted by atomic mass is 16.6. The third-order valence-corrected chi connectivity index (χ3v) is 4.90. The topological polar surface area (TPSA) is 122 Å². The summed E-state index contributed by atoms with van der Waals surface area (Å²) in [5.41, 5.74) is 0.649. The molecule has 2 atom stereocenters. The Hall–Kier alpha value is -3.82. The van der Waals surface area contributed by atoms with E-state index in [1.807, 2.05) is 13.0 Å². The SMILES string of the molecule is COc1ccc([C@H](C)C(C)OC(=O)CNC(=O)c2nccc(OC)c2OC(C)=O)c(OC)c1. The lowest BCUT2D eigenvalue weighted by molar-refractivity contribution is -0.147. The maximum atomic E-state index is 12.5. The Kier molecular flexibility index (Phi) is 9.02. The second-order valence-electron chi connectivity index (χ2n) is 7.06. The van der Waals surface area contributed by atoms with Crippen molar-refractivity contribution in [1.82, 2.24) is 10.3 Å². The second kappa shape index (κ2) is 11.7. The summed E-state index contributed by atoms with van der Waals surface area (Å²) < 4.78 is 26.3. The molecule has 0 saturated carbocycles. The van der Waals surface area contributed by atoms with Crippen molar-refractivity contribution in [3.63, 3.8) is 0 Å².